The maximum atomic E-state index is 8.72. The van der Waals surface area contributed by atoms with Crippen LogP contribution < -0.4 is 0 Å². The smallest absolute Gasteiger partial charge is 0.179 e. The first-order valence-electron chi connectivity index (χ1n) is 3.55. The third-order valence-corrected chi connectivity index (χ3v) is 2.65. The van der Waals surface area contributed by atoms with Gasteiger partial charge in [0.25, 0.3) is 0 Å². The van der Waals surface area contributed by atoms with E-state index in [1.54, 1.807) is 0 Å². The second-order valence-corrected chi connectivity index (χ2v) is 3.66. The van der Waals surface area contributed by atoms with Crippen molar-refractivity contribution in [3.05, 3.63) is 15.6 Å². The van der Waals surface area contributed by atoms with Crippen molar-refractivity contribution >= 4 is 11.3 Å². The molecule has 0 aliphatic carbocycles. The summed E-state index contributed by atoms with van der Waals surface area (Å²) in [5.74, 6) is 0. The predicted molar refractivity (Wildman–Crippen MR) is 47.0 cm³/mol. The first kappa shape index (κ1) is 9.17. The van der Waals surface area contributed by atoms with Crippen LogP contribution >= 0.6 is 11.3 Å². The van der Waals surface area contributed by atoms with Crippen molar-refractivity contribution in [3.63, 3.8) is 0 Å². The van der Waals surface area contributed by atoms with Crippen molar-refractivity contribution in [3.8, 4) is 6.07 Å². The molecule has 4 heteroatoms. The highest BCUT2D eigenvalue weighted by atomic mass is 32.1. The Kier molecular flexibility index (Phi) is 2.79. The number of thiazole rings is 1. The zero-order valence-electron chi connectivity index (χ0n) is 7.29. The molecule has 3 nitrogen and oxygen atoms in total. The summed E-state index contributed by atoms with van der Waals surface area (Å²) in [6.45, 7) is 3.81. The Balaban J connectivity index is 3.02. The molecule has 0 aliphatic rings. The number of ether oxygens (including phenoxy) is 1. The van der Waals surface area contributed by atoms with Gasteiger partial charge in [-0.1, -0.05) is 0 Å². The molecular weight excluding hydrogens is 172 g/mol. The molecule has 64 valence electrons. The van der Waals surface area contributed by atoms with Crippen molar-refractivity contribution < 1.29 is 4.74 Å². The normalized spacial score (nSPS) is 12.5. The van der Waals surface area contributed by atoms with E-state index in [-0.39, 0.29) is 0 Å². The van der Waals surface area contributed by atoms with Gasteiger partial charge in [0.05, 0.1) is 15.6 Å². The predicted octanol–water partition coefficient (Wildman–Crippen LogP) is 1.97. The van der Waals surface area contributed by atoms with Crippen LogP contribution in [-0.2, 0) is 4.74 Å². The lowest BCUT2D eigenvalue weighted by molar-refractivity contribution is 0.151. The van der Waals surface area contributed by atoms with Gasteiger partial charge in [-0.15, -0.1) is 11.3 Å². The first-order valence-corrected chi connectivity index (χ1v) is 4.37. The minimum absolute atomic E-state index is 0.462. The highest BCUT2D eigenvalue weighted by molar-refractivity contribution is 7.11. The van der Waals surface area contributed by atoms with Gasteiger partial charge in [0.1, 0.15) is 6.07 Å². The molecule has 1 aromatic heterocycles. The van der Waals surface area contributed by atoms with Crippen LogP contribution in [0.1, 0.15) is 21.7 Å². The molecule has 0 saturated carbocycles. The van der Waals surface area contributed by atoms with Gasteiger partial charge in [-0.2, -0.15) is 5.26 Å². The summed E-state index contributed by atoms with van der Waals surface area (Å²) in [6.07, 6.45) is -0.462. The van der Waals surface area contributed by atoms with E-state index in [0.29, 0.717) is 0 Å². The van der Waals surface area contributed by atoms with E-state index in [4.69, 9.17) is 10.00 Å². The van der Waals surface area contributed by atoms with Gasteiger partial charge in [-0.25, -0.2) is 4.98 Å². The first-order chi connectivity index (χ1) is 5.69. The van der Waals surface area contributed by atoms with Crippen molar-refractivity contribution in [1.82, 2.24) is 4.98 Å². The van der Waals surface area contributed by atoms with Gasteiger partial charge < -0.3 is 4.74 Å². The molecule has 1 heterocycles. The Hall–Kier alpha value is -0.920. The summed E-state index contributed by atoms with van der Waals surface area (Å²) in [5, 5.41) is 9.69. The van der Waals surface area contributed by atoms with Crippen LogP contribution in [0.3, 0.4) is 0 Å². The summed E-state index contributed by atoms with van der Waals surface area (Å²) in [7, 11) is 1.53. The Morgan fingerprint density at radius 3 is 2.58 bits per heavy atom. The maximum Gasteiger partial charge on any atom is 0.179 e. The SMILES string of the molecule is COC(C#N)c1sc(C)nc1C. The van der Waals surface area contributed by atoms with Crippen LogP contribution in [-0.4, -0.2) is 12.1 Å². The van der Waals surface area contributed by atoms with Gasteiger partial charge in [0.2, 0.25) is 0 Å². The fraction of sp³-hybridized carbons (Fsp3) is 0.500. The number of rotatable bonds is 2. The van der Waals surface area contributed by atoms with E-state index < -0.39 is 6.10 Å². The summed E-state index contributed by atoms with van der Waals surface area (Å²) < 4.78 is 4.99. The van der Waals surface area contributed by atoms with Crippen LogP contribution in [0.15, 0.2) is 0 Å². The molecule has 0 spiro atoms. The molecule has 12 heavy (non-hydrogen) atoms. The Labute approximate surface area is 75.6 Å². The van der Waals surface area contributed by atoms with Crippen LogP contribution in [0, 0.1) is 25.2 Å². The Morgan fingerprint density at radius 1 is 1.58 bits per heavy atom. The lowest BCUT2D eigenvalue weighted by atomic mass is 10.3. The van der Waals surface area contributed by atoms with Gasteiger partial charge >= 0.3 is 0 Å². The largest absolute Gasteiger partial charge is 0.361 e. The Morgan fingerprint density at radius 2 is 2.25 bits per heavy atom. The van der Waals surface area contributed by atoms with E-state index in [1.165, 1.54) is 18.4 Å². The number of hydrogen-bond acceptors (Lipinski definition) is 4. The number of nitriles is 1. The van der Waals surface area contributed by atoms with Crippen molar-refractivity contribution in [2.45, 2.75) is 20.0 Å². The standard InChI is InChI=1S/C8H10N2OS/c1-5-8(7(4-9)11-3)12-6(2)10-5/h7H,1-3H3. The third kappa shape index (κ3) is 1.63. The Bertz CT molecular complexity index is 313. The van der Waals surface area contributed by atoms with Gasteiger partial charge in [-0.3, -0.25) is 0 Å². The molecule has 0 bridgehead atoms. The third-order valence-electron chi connectivity index (χ3n) is 1.53. The molecule has 1 rings (SSSR count). The summed E-state index contributed by atoms with van der Waals surface area (Å²) in [6, 6.07) is 2.07. The lowest BCUT2D eigenvalue weighted by Crippen LogP contribution is -1.96. The molecule has 0 aromatic carbocycles. The molecule has 0 fully saturated rings. The number of nitrogens with zero attached hydrogens (tertiary/aromatic N) is 2. The molecule has 0 saturated heterocycles. The van der Waals surface area contributed by atoms with Crippen LogP contribution in [0.5, 0.6) is 0 Å². The molecule has 0 aliphatic heterocycles. The second kappa shape index (κ2) is 3.65. The highest BCUT2D eigenvalue weighted by Gasteiger charge is 2.15. The van der Waals surface area contributed by atoms with Gasteiger partial charge in [0, 0.05) is 7.11 Å². The van der Waals surface area contributed by atoms with Crippen LogP contribution in [0.2, 0.25) is 0 Å². The van der Waals surface area contributed by atoms with E-state index in [1.807, 2.05) is 13.8 Å². The zero-order valence-corrected chi connectivity index (χ0v) is 8.10. The number of aromatic nitrogens is 1. The molecule has 1 aromatic rings. The molecular formula is C8H10N2OS. The zero-order chi connectivity index (χ0) is 9.14. The summed E-state index contributed by atoms with van der Waals surface area (Å²) in [4.78, 5) is 5.13. The van der Waals surface area contributed by atoms with E-state index in [2.05, 4.69) is 11.1 Å². The fourth-order valence-electron chi connectivity index (χ4n) is 1.01. The monoisotopic (exact) mass is 182 g/mol. The fourth-order valence-corrected chi connectivity index (χ4v) is 1.96. The van der Waals surface area contributed by atoms with E-state index in [9.17, 15) is 0 Å². The van der Waals surface area contributed by atoms with Gasteiger partial charge in [0.15, 0.2) is 6.10 Å². The summed E-state index contributed by atoms with van der Waals surface area (Å²) in [5.41, 5.74) is 0.894. The van der Waals surface area contributed by atoms with Gasteiger partial charge in [-0.05, 0) is 13.8 Å². The highest BCUT2D eigenvalue weighted by Crippen LogP contribution is 2.26. The number of aryl methyl sites for hydroxylation is 2. The minimum Gasteiger partial charge on any atom is -0.361 e. The van der Waals surface area contributed by atoms with Crippen molar-refractivity contribution in [1.29, 1.82) is 5.26 Å². The number of methoxy groups -OCH3 is 1. The molecule has 1 atom stereocenters. The number of hydrogen-bond donors (Lipinski definition) is 0. The average Bonchev–Trinajstić information content (AvgIpc) is 2.34. The molecule has 0 amide bonds. The van der Waals surface area contributed by atoms with E-state index in [0.717, 1.165) is 15.6 Å². The quantitative estimate of drug-likeness (QED) is 0.702. The van der Waals surface area contributed by atoms with E-state index >= 15 is 0 Å². The van der Waals surface area contributed by atoms with Crippen molar-refractivity contribution in [2.24, 2.45) is 0 Å². The average molecular weight is 182 g/mol. The maximum absolute atomic E-state index is 8.72. The topological polar surface area (TPSA) is 45.9 Å². The summed E-state index contributed by atoms with van der Waals surface area (Å²) >= 11 is 1.51. The molecule has 1 unspecified atom stereocenters. The van der Waals surface area contributed by atoms with Crippen molar-refractivity contribution in [2.75, 3.05) is 7.11 Å². The van der Waals surface area contributed by atoms with Crippen LogP contribution in [0.25, 0.3) is 0 Å². The molecule has 0 radical (unpaired) electrons. The lowest BCUT2D eigenvalue weighted by Gasteiger charge is -2.03. The van der Waals surface area contributed by atoms with Crippen LogP contribution in [0.4, 0.5) is 0 Å². The minimum atomic E-state index is -0.462. The second-order valence-electron chi connectivity index (χ2n) is 2.43. The molecule has 0 N–H and O–H groups in total.